The number of hydrogen-bond acceptors (Lipinski definition) is 6. The van der Waals surface area contributed by atoms with E-state index in [1.165, 1.54) is 0 Å². The van der Waals surface area contributed by atoms with Crippen molar-refractivity contribution < 1.29 is 24.1 Å². The maximum absolute atomic E-state index is 9.04. The zero-order chi connectivity index (χ0) is 15.5. The summed E-state index contributed by atoms with van der Waals surface area (Å²) in [5.74, 6) is 1.38. The van der Waals surface area contributed by atoms with Crippen LogP contribution in [-0.2, 0) is 15.9 Å². The van der Waals surface area contributed by atoms with E-state index in [9.17, 15) is 0 Å². The fraction of sp³-hybridized carbons (Fsp3) is 0.625. The molecule has 0 aromatic heterocycles. The molecule has 124 valence electrons. The summed E-state index contributed by atoms with van der Waals surface area (Å²) in [6, 6.07) is 5.72. The summed E-state index contributed by atoms with van der Waals surface area (Å²) in [6.07, 6.45) is 0.599. The molecule has 0 atom stereocenters. The fourth-order valence-corrected chi connectivity index (χ4v) is 2.11. The van der Waals surface area contributed by atoms with Gasteiger partial charge in [0.25, 0.3) is 0 Å². The Morgan fingerprint density at radius 1 is 0.864 bits per heavy atom. The zero-order valence-corrected chi connectivity index (χ0v) is 12.9. The third-order valence-electron chi connectivity index (χ3n) is 3.23. The minimum Gasteiger partial charge on any atom is -0.487 e. The van der Waals surface area contributed by atoms with Crippen LogP contribution in [0.25, 0.3) is 0 Å². The lowest BCUT2D eigenvalue weighted by molar-refractivity contribution is 0.0975. The first-order valence-electron chi connectivity index (χ1n) is 7.76. The molecule has 0 spiro atoms. The van der Waals surface area contributed by atoms with Gasteiger partial charge in [-0.2, -0.15) is 0 Å². The van der Waals surface area contributed by atoms with E-state index in [-0.39, 0.29) is 6.61 Å². The SMILES string of the molecule is OCCc1ccc2c(c1)OCCOCCNCCOCCO2. The minimum atomic E-state index is 0.115. The van der Waals surface area contributed by atoms with Gasteiger partial charge in [0, 0.05) is 19.7 Å². The van der Waals surface area contributed by atoms with E-state index in [1.807, 2.05) is 18.2 Å². The van der Waals surface area contributed by atoms with E-state index in [0.717, 1.165) is 18.7 Å². The lowest BCUT2D eigenvalue weighted by Gasteiger charge is -2.14. The van der Waals surface area contributed by atoms with Crippen molar-refractivity contribution >= 4 is 0 Å². The molecule has 0 saturated carbocycles. The number of aliphatic hydroxyl groups is 1. The van der Waals surface area contributed by atoms with Crippen LogP contribution in [0.15, 0.2) is 18.2 Å². The summed E-state index contributed by atoms with van der Waals surface area (Å²) in [6.45, 7) is 5.04. The van der Waals surface area contributed by atoms with Gasteiger partial charge in [0.15, 0.2) is 11.5 Å². The first-order chi connectivity index (χ1) is 10.9. The molecule has 1 heterocycles. The van der Waals surface area contributed by atoms with Gasteiger partial charge >= 0.3 is 0 Å². The minimum absolute atomic E-state index is 0.115. The molecule has 0 radical (unpaired) electrons. The molecule has 2 N–H and O–H groups in total. The average Bonchev–Trinajstić information content (AvgIpc) is 2.54. The van der Waals surface area contributed by atoms with Crippen LogP contribution >= 0.6 is 0 Å². The molecule has 1 aliphatic heterocycles. The quantitative estimate of drug-likeness (QED) is 0.834. The Morgan fingerprint density at radius 3 is 2.23 bits per heavy atom. The largest absolute Gasteiger partial charge is 0.487 e. The topological polar surface area (TPSA) is 69.2 Å². The Balaban J connectivity index is 1.97. The van der Waals surface area contributed by atoms with Crippen LogP contribution in [-0.4, -0.2) is 64.4 Å². The molecule has 1 aliphatic rings. The second kappa shape index (κ2) is 10.4. The maximum Gasteiger partial charge on any atom is 0.161 e. The third kappa shape index (κ3) is 6.19. The van der Waals surface area contributed by atoms with E-state index < -0.39 is 0 Å². The molecule has 0 unspecified atom stereocenters. The Labute approximate surface area is 131 Å². The van der Waals surface area contributed by atoms with Crippen molar-refractivity contribution in [1.82, 2.24) is 5.32 Å². The van der Waals surface area contributed by atoms with E-state index in [2.05, 4.69) is 5.32 Å². The van der Waals surface area contributed by atoms with Gasteiger partial charge < -0.3 is 29.4 Å². The molecule has 0 bridgehead atoms. The molecule has 22 heavy (non-hydrogen) atoms. The van der Waals surface area contributed by atoms with Crippen LogP contribution in [0.5, 0.6) is 11.5 Å². The van der Waals surface area contributed by atoms with E-state index in [0.29, 0.717) is 57.6 Å². The van der Waals surface area contributed by atoms with Crippen LogP contribution in [0.1, 0.15) is 5.56 Å². The zero-order valence-electron chi connectivity index (χ0n) is 12.9. The number of hydrogen-bond donors (Lipinski definition) is 2. The molecule has 6 nitrogen and oxygen atoms in total. The highest BCUT2D eigenvalue weighted by atomic mass is 16.6. The van der Waals surface area contributed by atoms with Gasteiger partial charge in [-0.05, 0) is 24.1 Å². The summed E-state index contributed by atoms with van der Waals surface area (Å²) in [5.41, 5.74) is 1.02. The molecule has 0 aliphatic carbocycles. The molecule has 6 heteroatoms. The Kier molecular flexibility index (Phi) is 8.04. The standard InChI is InChI=1S/C16H25NO5/c18-6-3-14-1-2-15-16(13-14)22-12-10-20-8-5-17-4-7-19-9-11-21-15/h1-2,13,17-18H,3-12H2. The van der Waals surface area contributed by atoms with Crippen LogP contribution in [0, 0.1) is 0 Å². The summed E-state index contributed by atoms with van der Waals surface area (Å²) in [7, 11) is 0. The number of benzene rings is 1. The highest BCUT2D eigenvalue weighted by Crippen LogP contribution is 2.28. The van der Waals surface area contributed by atoms with Crippen LogP contribution in [0.4, 0.5) is 0 Å². The van der Waals surface area contributed by atoms with Gasteiger partial charge in [0.2, 0.25) is 0 Å². The highest BCUT2D eigenvalue weighted by Gasteiger charge is 2.07. The number of rotatable bonds is 2. The van der Waals surface area contributed by atoms with Crippen LogP contribution < -0.4 is 14.8 Å². The number of nitrogens with one attached hydrogen (secondary N) is 1. The number of ether oxygens (including phenoxy) is 4. The fourth-order valence-electron chi connectivity index (χ4n) is 2.11. The third-order valence-corrected chi connectivity index (χ3v) is 3.23. The summed E-state index contributed by atoms with van der Waals surface area (Å²) < 4.78 is 22.5. The first kappa shape index (κ1) is 17.0. The van der Waals surface area contributed by atoms with Gasteiger partial charge in [-0.3, -0.25) is 0 Å². The predicted octanol–water partition coefficient (Wildman–Crippen LogP) is 0.615. The average molecular weight is 311 g/mol. The lowest BCUT2D eigenvalue weighted by Crippen LogP contribution is -2.25. The van der Waals surface area contributed by atoms with Crippen molar-refractivity contribution in [3.05, 3.63) is 23.8 Å². The van der Waals surface area contributed by atoms with Crippen molar-refractivity contribution in [2.45, 2.75) is 6.42 Å². The van der Waals surface area contributed by atoms with Crippen LogP contribution in [0.2, 0.25) is 0 Å². The van der Waals surface area contributed by atoms with Gasteiger partial charge in [0.05, 0.1) is 26.4 Å². The van der Waals surface area contributed by atoms with Gasteiger partial charge in [-0.1, -0.05) is 6.07 Å². The van der Waals surface area contributed by atoms with Gasteiger partial charge in [-0.25, -0.2) is 0 Å². The predicted molar refractivity (Wildman–Crippen MR) is 82.7 cm³/mol. The molecule has 0 saturated heterocycles. The van der Waals surface area contributed by atoms with Gasteiger partial charge in [-0.15, -0.1) is 0 Å². The molecule has 1 aromatic rings. The van der Waals surface area contributed by atoms with Crippen LogP contribution in [0.3, 0.4) is 0 Å². The lowest BCUT2D eigenvalue weighted by atomic mass is 10.1. The second-order valence-corrected chi connectivity index (χ2v) is 4.93. The first-order valence-corrected chi connectivity index (χ1v) is 7.76. The molecule has 2 rings (SSSR count). The normalized spacial score (nSPS) is 18.2. The van der Waals surface area contributed by atoms with Crippen molar-refractivity contribution in [3.8, 4) is 11.5 Å². The van der Waals surface area contributed by atoms with Crippen molar-refractivity contribution in [1.29, 1.82) is 0 Å². The molecule has 0 amide bonds. The summed E-state index contributed by atoms with van der Waals surface area (Å²) in [4.78, 5) is 0. The molecule has 1 aromatic carbocycles. The van der Waals surface area contributed by atoms with Crippen molar-refractivity contribution in [2.24, 2.45) is 0 Å². The molecule has 0 fully saturated rings. The highest BCUT2D eigenvalue weighted by molar-refractivity contribution is 5.43. The Morgan fingerprint density at radius 2 is 1.55 bits per heavy atom. The van der Waals surface area contributed by atoms with E-state index in [1.54, 1.807) is 0 Å². The molecular formula is C16H25NO5. The van der Waals surface area contributed by atoms with E-state index in [4.69, 9.17) is 24.1 Å². The monoisotopic (exact) mass is 311 g/mol. The maximum atomic E-state index is 9.04. The number of fused-ring (bicyclic) bond motifs is 1. The van der Waals surface area contributed by atoms with Gasteiger partial charge in [0.1, 0.15) is 13.2 Å². The Bertz CT molecular complexity index is 427. The summed E-state index contributed by atoms with van der Waals surface area (Å²) in [5, 5.41) is 12.3. The van der Waals surface area contributed by atoms with E-state index >= 15 is 0 Å². The Hall–Kier alpha value is -1.34. The second-order valence-electron chi connectivity index (χ2n) is 4.93. The van der Waals surface area contributed by atoms with Crippen molar-refractivity contribution in [3.63, 3.8) is 0 Å². The number of aliphatic hydroxyl groups excluding tert-OH is 1. The molecular weight excluding hydrogens is 286 g/mol. The van der Waals surface area contributed by atoms with Crippen molar-refractivity contribution in [2.75, 3.05) is 59.3 Å². The smallest absolute Gasteiger partial charge is 0.161 e. The summed E-state index contributed by atoms with van der Waals surface area (Å²) >= 11 is 0.